The monoisotopic (exact) mass is 205 g/mol. The zero-order valence-electron chi connectivity index (χ0n) is 7.13. The number of aldehydes is 1. The van der Waals surface area contributed by atoms with Crippen LogP contribution in [0.1, 0.15) is 0 Å². The number of nitrogens with zero attached hydrogens (tertiary/aromatic N) is 3. The van der Waals surface area contributed by atoms with Crippen LogP contribution in [-0.4, -0.2) is 57.7 Å². The molecule has 0 saturated carbocycles. The quantitative estimate of drug-likeness (QED) is 0.170. The first-order valence-corrected chi connectivity index (χ1v) is 3.73. The Kier molecular flexibility index (Phi) is 5.77. The summed E-state index contributed by atoms with van der Waals surface area (Å²) in [6.07, 6.45) is -4.94. The molecule has 0 fully saturated rings. The van der Waals surface area contributed by atoms with Crippen molar-refractivity contribution in [2.75, 3.05) is 6.61 Å². The van der Waals surface area contributed by atoms with E-state index in [9.17, 15) is 9.90 Å². The molecule has 0 aliphatic carbocycles. The van der Waals surface area contributed by atoms with E-state index in [1.165, 1.54) is 0 Å². The lowest BCUT2D eigenvalue weighted by molar-refractivity contribution is -0.119. The number of rotatable bonds is 6. The van der Waals surface area contributed by atoms with Crippen LogP contribution in [0.4, 0.5) is 0 Å². The zero-order valence-corrected chi connectivity index (χ0v) is 7.13. The van der Waals surface area contributed by atoms with Gasteiger partial charge in [0.25, 0.3) is 0 Å². The molecular formula is C6H11N3O5. The van der Waals surface area contributed by atoms with Crippen LogP contribution in [0.3, 0.4) is 0 Å². The lowest BCUT2D eigenvalue weighted by atomic mass is 10.0. The van der Waals surface area contributed by atoms with Gasteiger partial charge in [0, 0.05) is 4.91 Å². The van der Waals surface area contributed by atoms with E-state index in [1.54, 1.807) is 0 Å². The van der Waals surface area contributed by atoms with Crippen molar-refractivity contribution in [1.82, 2.24) is 0 Å². The maximum Gasteiger partial charge on any atom is 0.149 e. The number of aliphatic hydroxyl groups excluding tert-OH is 4. The van der Waals surface area contributed by atoms with E-state index in [2.05, 4.69) is 10.0 Å². The third-order valence-corrected chi connectivity index (χ3v) is 1.61. The van der Waals surface area contributed by atoms with Crippen molar-refractivity contribution in [3.05, 3.63) is 10.4 Å². The molecule has 0 aromatic heterocycles. The molecule has 8 nitrogen and oxygen atoms in total. The Labute approximate surface area is 79.0 Å². The van der Waals surface area contributed by atoms with Gasteiger partial charge in [0.2, 0.25) is 0 Å². The molecule has 4 atom stereocenters. The van der Waals surface area contributed by atoms with Gasteiger partial charge in [0.05, 0.1) is 18.8 Å². The van der Waals surface area contributed by atoms with Gasteiger partial charge in [-0.3, -0.25) is 0 Å². The fraction of sp³-hybridized carbons (Fsp3) is 0.833. The molecule has 0 radical (unpaired) electrons. The second-order valence-corrected chi connectivity index (χ2v) is 2.56. The largest absolute Gasteiger partial charge is 0.394 e. The van der Waals surface area contributed by atoms with Crippen LogP contribution < -0.4 is 0 Å². The molecule has 14 heavy (non-hydrogen) atoms. The van der Waals surface area contributed by atoms with Gasteiger partial charge >= 0.3 is 0 Å². The number of hydrogen-bond acceptors (Lipinski definition) is 6. The van der Waals surface area contributed by atoms with E-state index in [0.29, 0.717) is 0 Å². The molecule has 0 saturated heterocycles. The Bertz CT molecular complexity index is 230. The molecule has 0 amide bonds. The van der Waals surface area contributed by atoms with Crippen molar-refractivity contribution < 1.29 is 25.2 Å². The number of azide groups is 1. The lowest BCUT2D eigenvalue weighted by Gasteiger charge is -2.23. The molecule has 0 spiro atoms. The molecule has 80 valence electrons. The van der Waals surface area contributed by atoms with Gasteiger partial charge in [-0.15, -0.1) is 0 Å². The van der Waals surface area contributed by atoms with Crippen LogP contribution in [0.25, 0.3) is 10.4 Å². The van der Waals surface area contributed by atoms with Crippen molar-refractivity contribution in [2.24, 2.45) is 5.11 Å². The molecule has 0 aromatic rings. The summed E-state index contributed by atoms with van der Waals surface area (Å²) in [5.41, 5.74) is 8.06. The van der Waals surface area contributed by atoms with Gasteiger partial charge < -0.3 is 25.2 Å². The second kappa shape index (κ2) is 6.30. The van der Waals surface area contributed by atoms with Crippen LogP contribution in [0.15, 0.2) is 5.11 Å². The van der Waals surface area contributed by atoms with Crippen molar-refractivity contribution in [3.63, 3.8) is 0 Å². The van der Waals surface area contributed by atoms with Crippen molar-refractivity contribution in [1.29, 1.82) is 0 Å². The number of carbonyl (C=O) groups excluding carboxylic acids is 1. The average molecular weight is 205 g/mol. The van der Waals surface area contributed by atoms with Crippen molar-refractivity contribution >= 4 is 6.29 Å². The molecule has 4 N–H and O–H groups in total. The highest BCUT2D eigenvalue weighted by atomic mass is 16.4. The Hall–Kier alpha value is -1.18. The number of hydrogen-bond donors (Lipinski definition) is 4. The summed E-state index contributed by atoms with van der Waals surface area (Å²) in [6.45, 7) is -0.774. The van der Waals surface area contributed by atoms with Gasteiger partial charge in [-0.05, 0) is 5.53 Å². The van der Waals surface area contributed by atoms with Crippen LogP contribution in [0.2, 0.25) is 0 Å². The predicted octanol–water partition coefficient (Wildman–Crippen LogP) is -2.06. The molecule has 0 aliphatic heterocycles. The standard InChI is InChI=1S/C6H11N3O5/c7-9-8-5(3(12)1-10)6(14)4(13)2-11/h1,3-6,11-14H,2H2/t3-,4+,5+,6-/m0/s1. The Balaban J connectivity index is 4.63. The Morgan fingerprint density at radius 2 is 2.00 bits per heavy atom. The van der Waals surface area contributed by atoms with E-state index >= 15 is 0 Å². The Morgan fingerprint density at radius 1 is 1.43 bits per heavy atom. The number of carbonyl (C=O) groups is 1. The Morgan fingerprint density at radius 3 is 2.36 bits per heavy atom. The van der Waals surface area contributed by atoms with Crippen molar-refractivity contribution in [3.8, 4) is 0 Å². The van der Waals surface area contributed by atoms with Crippen molar-refractivity contribution in [2.45, 2.75) is 24.4 Å². The fourth-order valence-corrected chi connectivity index (χ4v) is 0.814. The zero-order chi connectivity index (χ0) is 11.1. The number of aliphatic hydroxyl groups is 4. The first-order chi connectivity index (χ1) is 6.58. The highest BCUT2D eigenvalue weighted by Gasteiger charge is 2.30. The lowest BCUT2D eigenvalue weighted by Crippen LogP contribution is -2.45. The van der Waals surface area contributed by atoms with Gasteiger partial charge in [0.15, 0.2) is 0 Å². The smallest absolute Gasteiger partial charge is 0.149 e. The summed E-state index contributed by atoms with van der Waals surface area (Å²) >= 11 is 0. The normalized spacial score (nSPS) is 18.9. The summed E-state index contributed by atoms with van der Waals surface area (Å²) in [4.78, 5) is 12.4. The molecule has 0 unspecified atom stereocenters. The minimum atomic E-state index is -1.72. The van der Waals surface area contributed by atoms with Gasteiger partial charge in [-0.1, -0.05) is 5.11 Å². The van der Waals surface area contributed by atoms with Crippen LogP contribution in [0, 0.1) is 0 Å². The fourth-order valence-electron chi connectivity index (χ4n) is 0.814. The molecule has 0 bridgehead atoms. The maximum absolute atomic E-state index is 10.1. The molecule has 8 heteroatoms. The average Bonchev–Trinajstić information content (AvgIpc) is 2.22. The summed E-state index contributed by atoms with van der Waals surface area (Å²) in [6, 6.07) is -1.51. The topological polar surface area (TPSA) is 147 Å². The SMILES string of the molecule is [N-]=[N+]=N[C@@H]([C@@H](O)[C@H](O)CO)[C@@H](O)C=O. The van der Waals surface area contributed by atoms with Crippen LogP contribution in [0.5, 0.6) is 0 Å². The van der Waals surface area contributed by atoms with Gasteiger partial charge in [-0.2, -0.15) is 0 Å². The van der Waals surface area contributed by atoms with Gasteiger partial charge in [0.1, 0.15) is 18.5 Å². The highest BCUT2D eigenvalue weighted by molar-refractivity contribution is 5.57. The summed E-state index contributed by atoms with van der Waals surface area (Å²) < 4.78 is 0. The van der Waals surface area contributed by atoms with Crippen LogP contribution >= 0.6 is 0 Å². The van der Waals surface area contributed by atoms with E-state index in [1.807, 2.05) is 0 Å². The van der Waals surface area contributed by atoms with Crippen LogP contribution in [-0.2, 0) is 4.79 Å². The summed E-state index contributed by atoms with van der Waals surface area (Å²) in [7, 11) is 0. The first kappa shape index (κ1) is 12.8. The third kappa shape index (κ3) is 3.29. The van der Waals surface area contributed by atoms with E-state index in [4.69, 9.17) is 20.9 Å². The van der Waals surface area contributed by atoms with Gasteiger partial charge in [-0.25, -0.2) is 0 Å². The maximum atomic E-state index is 10.1. The molecule has 0 aliphatic rings. The molecular weight excluding hydrogens is 194 g/mol. The molecule has 0 heterocycles. The third-order valence-electron chi connectivity index (χ3n) is 1.61. The minimum Gasteiger partial charge on any atom is -0.394 e. The first-order valence-electron chi connectivity index (χ1n) is 3.73. The van der Waals surface area contributed by atoms with E-state index < -0.39 is 31.0 Å². The van der Waals surface area contributed by atoms with E-state index in [0.717, 1.165) is 0 Å². The van der Waals surface area contributed by atoms with E-state index in [-0.39, 0.29) is 6.29 Å². The summed E-state index contributed by atoms with van der Waals surface area (Å²) in [5, 5.41) is 38.6. The second-order valence-electron chi connectivity index (χ2n) is 2.56. The highest BCUT2D eigenvalue weighted by Crippen LogP contribution is 2.08. The predicted molar refractivity (Wildman–Crippen MR) is 44.1 cm³/mol. The molecule has 0 aromatic carbocycles. The minimum absolute atomic E-state index is 0.0622. The molecule has 0 rings (SSSR count). The summed E-state index contributed by atoms with van der Waals surface area (Å²) in [5.74, 6) is 0.